The van der Waals surface area contributed by atoms with Crippen LogP contribution < -0.4 is 5.32 Å². The van der Waals surface area contributed by atoms with Crippen LogP contribution in [-0.2, 0) is 16.1 Å². The number of nitrogens with zero attached hydrogens (tertiary/aromatic N) is 3. The van der Waals surface area contributed by atoms with Gasteiger partial charge < -0.3 is 20.2 Å². The van der Waals surface area contributed by atoms with E-state index in [1.54, 1.807) is 6.92 Å². The highest BCUT2D eigenvalue weighted by Crippen LogP contribution is 2.29. The maximum absolute atomic E-state index is 12.7. The van der Waals surface area contributed by atoms with Gasteiger partial charge in [0.15, 0.2) is 0 Å². The van der Waals surface area contributed by atoms with Crippen molar-refractivity contribution in [2.75, 3.05) is 45.8 Å². The molecule has 0 spiro atoms. The van der Waals surface area contributed by atoms with Gasteiger partial charge in [0.25, 0.3) is 0 Å². The lowest BCUT2D eigenvalue weighted by Crippen LogP contribution is -2.50. The molecule has 1 aromatic rings. The molecule has 2 heterocycles. The maximum atomic E-state index is 12.7. The average molecular weight is 431 g/mol. The Balaban J connectivity index is 1.51. The van der Waals surface area contributed by atoms with Crippen LogP contribution in [0.1, 0.15) is 31.7 Å². The van der Waals surface area contributed by atoms with Gasteiger partial charge in [-0.3, -0.25) is 14.5 Å². The molecule has 3 amide bonds. The molecule has 3 rings (SSSR count). The van der Waals surface area contributed by atoms with Crippen molar-refractivity contribution in [1.29, 1.82) is 0 Å². The zero-order chi connectivity index (χ0) is 22.2. The molecule has 2 N–H and O–H groups in total. The van der Waals surface area contributed by atoms with Crippen molar-refractivity contribution in [3.8, 4) is 0 Å². The topological polar surface area (TPSA) is 93.2 Å². The van der Waals surface area contributed by atoms with Crippen LogP contribution in [0.15, 0.2) is 30.3 Å². The molecule has 1 aromatic carbocycles. The van der Waals surface area contributed by atoms with Crippen LogP contribution in [0, 0.1) is 11.8 Å². The SMILES string of the molecule is CC(=O)N1CCN(CC[C@H]2CN(C(=O)NCc3ccccc3)CC[C@H]2CC(=O)O)CC1. The third-order valence-corrected chi connectivity index (χ3v) is 6.54. The van der Waals surface area contributed by atoms with Crippen molar-refractivity contribution in [3.63, 3.8) is 0 Å². The molecule has 31 heavy (non-hydrogen) atoms. The number of nitrogens with one attached hydrogen (secondary N) is 1. The fourth-order valence-corrected chi connectivity index (χ4v) is 4.61. The van der Waals surface area contributed by atoms with Crippen LogP contribution in [0.2, 0.25) is 0 Å². The molecule has 2 fully saturated rings. The van der Waals surface area contributed by atoms with E-state index in [0.29, 0.717) is 26.1 Å². The number of carboxylic acids is 1. The largest absolute Gasteiger partial charge is 0.481 e. The molecule has 170 valence electrons. The van der Waals surface area contributed by atoms with E-state index in [4.69, 9.17) is 0 Å². The normalized spacial score (nSPS) is 22.2. The summed E-state index contributed by atoms with van der Waals surface area (Å²) in [5.74, 6) is -0.398. The Kier molecular flexibility index (Phi) is 8.28. The number of likely N-dealkylation sites (tertiary alicyclic amines) is 1. The van der Waals surface area contributed by atoms with E-state index in [1.165, 1.54) is 0 Å². The Morgan fingerprint density at radius 2 is 1.71 bits per heavy atom. The first kappa shape index (κ1) is 23.1. The van der Waals surface area contributed by atoms with Gasteiger partial charge in [-0.25, -0.2) is 4.79 Å². The number of carbonyl (C=O) groups is 3. The Morgan fingerprint density at radius 3 is 2.35 bits per heavy atom. The van der Waals surface area contributed by atoms with Gasteiger partial charge in [0.05, 0.1) is 0 Å². The Bertz CT molecular complexity index is 749. The highest BCUT2D eigenvalue weighted by atomic mass is 16.4. The van der Waals surface area contributed by atoms with Gasteiger partial charge in [-0.05, 0) is 36.8 Å². The van der Waals surface area contributed by atoms with Gasteiger partial charge in [0, 0.05) is 59.2 Å². The molecule has 2 atom stereocenters. The monoisotopic (exact) mass is 430 g/mol. The average Bonchev–Trinajstić information content (AvgIpc) is 2.77. The molecular formula is C23H34N4O4. The maximum Gasteiger partial charge on any atom is 0.317 e. The Labute approximate surface area is 184 Å². The molecule has 2 aliphatic heterocycles. The van der Waals surface area contributed by atoms with Crippen molar-refractivity contribution in [1.82, 2.24) is 20.0 Å². The van der Waals surface area contributed by atoms with Gasteiger partial charge in [-0.2, -0.15) is 0 Å². The van der Waals surface area contributed by atoms with Gasteiger partial charge in [0.1, 0.15) is 0 Å². The number of piperazine rings is 1. The number of carbonyl (C=O) groups excluding carboxylic acids is 2. The molecular weight excluding hydrogens is 396 g/mol. The summed E-state index contributed by atoms with van der Waals surface area (Å²) in [4.78, 5) is 41.6. The number of hydrogen-bond donors (Lipinski definition) is 2. The van der Waals surface area contributed by atoms with Gasteiger partial charge in [-0.1, -0.05) is 30.3 Å². The molecule has 8 nitrogen and oxygen atoms in total. The minimum atomic E-state index is -0.771. The van der Waals surface area contributed by atoms with Crippen molar-refractivity contribution < 1.29 is 19.5 Å². The third-order valence-electron chi connectivity index (χ3n) is 6.54. The molecule has 0 saturated carbocycles. The Hall–Kier alpha value is -2.61. The minimum Gasteiger partial charge on any atom is -0.481 e. The summed E-state index contributed by atoms with van der Waals surface area (Å²) in [6, 6.07) is 9.72. The first-order valence-corrected chi connectivity index (χ1v) is 11.2. The van der Waals surface area contributed by atoms with Crippen molar-refractivity contribution in [3.05, 3.63) is 35.9 Å². The number of hydrogen-bond acceptors (Lipinski definition) is 4. The summed E-state index contributed by atoms with van der Waals surface area (Å²) in [5, 5.41) is 12.3. The van der Waals surface area contributed by atoms with E-state index < -0.39 is 5.97 Å². The molecule has 8 heteroatoms. The van der Waals surface area contributed by atoms with Crippen molar-refractivity contribution >= 4 is 17.9 Å². The molecule has 2 aliphatic rings. The van der Waals surface area contributed by atoms with E-state index >= 15 is 0 Å². The number of rotatable bonds is 7. The van der Waals surface area contributed by atoms with Crippen molar-refractivity contribution in [2.45, 2.75) is 32.7 Å². The van der Waals surface area contributed by atoms with E-state index in [9.17, 15) is 19.5 Å². The number of benzene rings is 1. The predicted molar refractivity (Wildman–Crippen MR) is 117 cm³/mol. The molecule has 0 aromatic heterocycles. The summed E-state index contributed by atoms with van der Waals surface area (Å²) in [6.45, 7) is 7.31. The lowest BCUT2D eigenvalue weighted by Gasteiger charge is -2.40. The summed E-state index contributed by atoms with van der Waals surface area (Å²) in [6.07, 6.45) is 1.73. The van der Waals surface area contributed by atoms with Crippen molar-refractivity contribution in [2.24, 2.45) is 11.8 Å². The third kappa shape index (κ3) is 6.95. The summed E-state index contributed by atoms with van der Waals surface area (Å²) < 4.78 is 0. The second-order valence-electron chi connectivity index (χ2n) is 8.63. The van der Waals surface area contributed by atoms with Crippen LogP contribution in [0.4, 0.5) is 4.79 Å². The zero-order valence-corrected chi connectivity index (χ0v) is 18.3. The Morgan fingerprint density at radius 1 is 1.00 bits per heavy atom. The molecule has 0 unspecified atom stereocenters. The molecule has 0 radical (unpaired) electrons. The van der Waals surface area contributed by atoms with Crippen LogP contribution in [0.3, 0.4) is 0 Å². The fraction of sp³-hybridized carbons (Fsp3) is 0.609. The highest BCUT2D eigenvalue weighted by Gasteiger charge is 2.33. The standard InChI is InChI=1S/C23H34N4O4/c1-18(28)26-13-11-25(12-14-26)9-7-21-17-27(10-8-20(21)15-22(29)30)23(31)24-16-19-5-3-2-4-6-19/h2-6,20-21H,7-17H2,1H3,(H,24,31)(H,29,30)/t20-,21-/m0/s1. The second-order valence-corrected chi connectivity index (χ2v) is 8.63. The fourth-order valence-electron chi connectivity index (χ4n) is 4.61. The van der Waals surface area contributed by atoms with Crippen LogP contribution in [-0.4, -0.2) is 83.5 Å². The summed E-state index contributed by atoms with van der Waals surface area (Å²) in [7, 11) is 0. The van der Waals surface area contributed by atoms with Crippen LogP contribution in [0.5, 0.6) is 0 Å². The van der Waals surface area contributed by atoms with E-state index in [1.807, 2.05) is 40.1 Å². The number of carboxylic acid groups (broad SMARTS) is 1. The second kappa shape index (κ2) is 11.1. The summed E-state index contributed by atoms with van der Waals surface area (Å²) >= 11 is 0. The smallest absolute Gasteiger partial charge is 0.317 e. The van der Waals surface area contributed by atoms with E-state index in [-0.39, 0.29) is 30.2 Å². The molecule has 0 aliphatic carbocycles. The van der Waals surface area contributed by atoms with Crippen LogP contribution in [0.25, 0.3) is 0 Å². The predicted octanol–water partition coefficient (Wildman–Crippen LogP) is 1.86. The minimum absolute atomic E-state index is 0.0855. The lowest BCUT2D eigenvalue weighted by molar-refractivity contribution is -0.139. The number of amides is 3. The lowest BCUT2D eigenvalue weighted by atomic mass is 9.81. The number of piperidine rings is 1. The van der Waals surface area contributed by atoms with Gasteiger partial charge in [0.2, 0.25) is 5.91 Å². The van der Waals surface area contributed by atoms with E-state index in [0.717, 1.165) is 44.7 Å². The first-order chi connectivity index (χ1) is 14.9. The number of aliphatic carboxylic acids is 1. The van der Waals surface area contributed by atoms with Gasteiger partial charge in [-0.15, -0.1) is 0 Å². The quantitative estimate of drug-likeness (QED) is 0.689. The van der Waals surface area contributed by atoms with Crippen LogP contribution >= 0.6 is 0 Å². The highest BCUT2D eigenvalue weighted by molar-refractivity contribution is 5.74. The van der Waals surface area contributed by atoms with Gasteiger partial charge >= 0.3 is 12.0 Å². The zero-order valence-electron chi connectivity index (χ0n) is 18.3. The van der Waals surface area contributed by atoms with E-state index in [2.05, 4.69) is 10.2 Å². The number of urea groups is 1. The molecule has 2 saturated heterocycles. The summed E-state index contributed by atoms with van der Waals surface area (Å²) in [5.41, 5.74) is 1.05. The molecule has 0 bridgehead atoms. The first-order valence-electron chi connectivity index (χ1n) is 11.2.